The van der Waals surface area contributed by atoms with Crippen LogP contribution in [0.1, 0.15) is 47.6 Å². The highest BCUT2D eigenvalue weighted by atomic mass is 19.1. The van der Waals surface area contributed by atoms with E-state index in [9.17, 15) is 9.50 Å². The number of hydrogen-bond donors (Lipinski definition) is 2. The number of phenols is 1. The van der Waals surface area contributed by atoms with E-state index in [4.69, 9.17) is 0 Å². The van der Waals surface area contributed by atoms with Gasteiger partial charge in [0.15, 0.2) is 0 Å². The van der Waals surface area contributed by atoms with Crippen molar-refractivity contribution in [2.45, 2.75) is 39.2 Å². The highest BCUT2D eigenvalue weighted by molar-refractivity contribution is 5.56. The molecule has 0 aliphatic heterocycles. The summed E-state index contributed by atoms with van der Waals surface area (Å²) >= 11 is 0. The van der Waals surface area contributed by atoms with Gasteiger partial charge in [-0.1, -0.05) is 13.0 Å². The second-order valence-electron chi connectivity index (χ2n) is 6.08. The first-order chi connectivity index (χ1) is 9.95. The summed E-state index contributed by atoms with van der Waals surface area (Å²) in [6, 6.07) is 8.67. The fourth-order valence-electron chi connectivity index (χ4n) is 3.50. The summed E-state index contributed by atoms with van der Waals surface area (Å²) in [7, 11) is 0. The molecule has 0 saturated carbocycles. The number of rotatable bonds is 2. The third-order valence-corrected chi connectivity index (χ3v) is 4.30. The standard InChI is InChI=1S/C18H20FNO/c1-10-6-13(19)9-14(7-10)20-15-8-12(3)17-11(2)4-5-16(21)18(15)17/h4-7,9,12,15,20-21H,8H2,1-3H3. The molecule has 2 atom stereocenters. The summed E-state index contributed by atoms with van der Waals surface area (Å²) in [4.78, 5) is 0. The Morgan fingerprint density at radius 3 is 2.62 bits per heavy atom. The summed E-state index contributed by atoms with van der Waals surface area (Å²) in [5, 5.41) is 13.6. The van der Waals surface area contributed by atoms with E-state index in [1.165, 1.54) is 23.3 Å². The third kappa shape index (κ3) is 2.48. The Hall–Kier alpha value is -2.03. The summed E-state index contributed by atoms with van der Waals surface area (Å²) in [6.45, 7) is 6.12. The average molecular weight is 285 g/mol. The molecule has 0 radical (unpaired) electrons. The SMILES string of the molecule is Cc1cc(F)cc(NC2CC(C)c3c(C)ccc(O)c32)c1. The molecule has 3 rings (SSSR count). The smallest absolute Gasteiger partial charge is 0.125 e. The van der Waals surface area contributed by atoms with Crippen LogP contribution in [0.5, 0.6) is 5.75 Å². The lowest BCUT2D eigenvalue weighted by Gasteiger charge is -2.17. The Morgan fingerprint density at radius 2 is 1.90 bits per heavy atom. The van der Waals surface area contributed by atoms with Crippen LogP contribution in [0.4, 0.5) is 10.1 Å². The first kappa shape index (κ1) is 13.9. The van der Waals surface area contributed by atoms with E-state index in [0.717, 1.165) is 23.2 Å². The molecule has 0 saturated heterocycles. The molecule has 1 aliphatic rings. The Labute approximate surface area is 124 Å². The van der Waals surface area contributed by atoms with Gasteiger partial charge in [-0.05, 0) is 67.1 Å². The predicted molar refractivity (Wildman–Crippen MR) is 83.4 cm³/mol. The molecule has 0 heterocycles. The summed E-state index contributed by atoms with van der Waals surface area (Å²) in [6.07, 6.45) is 0.906. The fourth-order valence-corrected chi connectivity index (χ4v) is 3.50. The van der Waals surface area contributed by atoms with Gasteiger partial charge < -0.3 is 10.4 Å². The van der Waals surface area contributed by atoms with Crippen LogP contribution in [-0.4, -0.2) is 5.11 Å². The number of phenolic OH excluding ortho intramolecular Hbond substituents is 1. The van der Waals surface area contributed by atoms with Gasteiger partial charge in [0.25, 0.3) is 0 Å². The van der Waals surface area contributed by atoms with Gasteiger partial charge >= 0.3 is 0 Å². The minimum Gasteiger partial charge on any atom is -0.508 e. The van der Waals surface area contributed by atoms with Crippen molar-refractivity contribution in [2.24, 2.45) is 0 Å². The molecule has 0 amide bonds. The number of nitrogens with one attached hydrogen (secondary N) is 1. The number of aromatic hydroxyl groups is 1. The fraction of sp³-hybridized carbons (Fsp3) is 0.333. The number of halogens is 1. The molecule has 0 fully saturated rings. The lowest BCUT2D eigenvalue weighted by molar-refractivity contribution is 0.465. The van der Waals surface area contributed by atoms with Crippen LogP contribution in [0.3, 0.4) is 0 Å². The van der Waals surface area contributed by atoms with Crippen LogP contribution in [0, 0.1) is 19.7 Å². The Balaban J connectivity index is 1.98. The van der Waals surface area contributed by atoms with Crippen LogP contribution in [0.15, 0.2) is 30.3 Å². The molecule has 2 unspecified atom stereocenters. The molecular formula is C18H20FNO. The highest BCUT2D eigenvalue weighted by Gasteiger charge is 2.32. The molecule has 2 nitrogen and oxygen atoms in total. The topological polar surface area (TPSA) is 32.3 Å². The lowest BCUT2D eigenvalue weighted by Crippen LogP contribution is -2.08. The van der Waals surface area contributed by atoms with Gasteiger partial charge in [-0.3, -0.25) is 0 Å². The molecule has 1 aliphatic carbocycles. The van der Waals surface area contributed by atoms with Crippen molar-refractivity contribution in [1.29, 1.82) is 0 Å². The second-order valence-corrected chi connectivity index (χ2v) is 6.08. The zero-order chi connectivity index (χ0) is 15.1. The first-order valence-electron chi connectivity index (χ1n) is 7.32. The summed E-state index contributed by atoms with van der Waals surface area (Å²) in [5.74, 6) is 0.474. The van der Waals surface area contributed by atoms with Crippen LogP contribution in [0.25, 0.3) is 0 Å². The van der Waals surface area contributed by atoms with Crippen molar-refractivity contribution in [3.05, 3.63) is 58.4 Å². The van der Waals surface area contributed by atoms with E-state index in [2.05, 4.69) is 19.2 Å². The van der Waals surface area contributed by atoms with Crippen molar-refractivity contribution in [1.82, 2.24) is 0 Å². The minimum absolute atomic E-state index is 0.0242. The van der Waals surface area contributed by atoms with E-state index in [0.29, 0.717) is 11.7 Å². The normalized spacial score (nSPS) is 20.4. The van der Waals surface area contributed by atoms with Crippen molar-refractivity contribution >= 4 is 5.69 Å². The van der Waals surface area contributed by atoms with Gasteiger partial charge in [-0.15, -0.1) is 0 Å². The zero-order valence-electron chi connectivity index (χ0n) is 12.6. The first-order valence-corrected chi connectivity index (χ1v) is 7.32. The molecule has 21 heavy (non-hydrogen) atoms. The lowest BCUT2D eigenvalue weighted by atomic mass is 9.97. The maximum absolute atomic E-state index is 13.5. The molecule has 3 heteroatoms. The van der Waals surface area contributed by atoms with Crippen LogP contribution in [0.2, 0.25) is 0 Å². The number of benzene rings is 2. The number of aryl methyl sites for hydroxylation is 2. The van der Waals surface area contributed by atoms with Crippen LogP contribution < -0.4 is 5.32 Å². The van der Waals surface area contributed by atoms with E-state index < -0.39 is 0 Å². The van der Waals surface area contributed by atoms with Crippen LogP contribution >= 0.6 is 0 Å². The van der Waals surface area contributed by atoms with Crippen molar-refractivity contribution in [2.75, 3.05) is 5.32 Å². The Morgan fingerprint density at radius 1 is 1.14 bits per heavy atom. The van der Waals surface area contributed by atoms with Crippen molar-refractivity contribution in [3.8, 4) is 5.75 Å². The molecule has 2 aromatic rings. The maximum Gasteiger partial charge on any atom is 0.125 e. The molecule has 0 aromatic heterocycles. The van der Waals surface area contributed by atoms with E-state index in [1.807, 2.05) is 19.1 Å². The van der Waals surface area contributed by atoms with Crippen molar-refractivity contribution in [3.63, 3.8) is 0 Å². The predicted octanol–water partition coefficient (Wildman–Crippen LogP) is 4.81. The van der Waals surface area contributed by atoms with E-state index in [-0.39, 0.29) is 11.9 Å². The van der Waals surface area contributed by atoms with Gasteiger partial charge in [-0.25, -0.2) is 4.39 Å². The van der Waals surface area contributed by atoms with Crippen LogP contribution in [-0.2, 0) is 0 Å². The van der Waals surface area contributed by atoms with Gasteiger partial charge in [0.2, 0.25) is 0 Å². The van der Waals surface area contributed by atoms with Gasteiger partial charge in [0.1, 0.15) is 11.6 Å². The quantitative estimate of drug-likeness (QED) is 0.830. The summed E-state index contributed by atoms with van der Waals surface area (Å²) in [5.41, 5.74) is 5.04. The van der Waals surface area contributed by atoms with E-state index >= 15 is 0 Å². The molecular weight excluding hydrogens is 265 g/mol. The monoisotopic (exact) mass is 285 g/mol. The maximum atomic E-state index is 13.5. The van der Waals surface area contributed by atoms with Gasteiger partial charge in [-0.2, -0.15) is 0 Å². The zero-order valence-corrected chi connectivity index (χ0v) is 12.6. The number of anilines is 1. The van der Waals surface area contributed by atoms with E-state index in [1.54, 1.807) is 6.07 Å². The molecule has 110 valence electrons. The van der Waals surface area contributed by atoms with Crippen molar-refractivity contribution < 1.29 is 9.50 Å². The largest absolute Gasteiger partial charge is 0.508 e. The molecule has 2 N–H and O–H groups in total. The Bertz CT molecular complexity index is 676. The molecule has 0 spiro atoms. The molecule has 2 aromatic carbocycles. The highest BCUT2D eigenvalue weighted by Crippen LogP contribution is 2.47. The van der Waals surface area contributed by atoms with Gasteiger partial charge in [0.05, 0.1) is 6.04 Å². The second kappa shape index (κ2) is 5.06. The Kier molecular flexibility index (Phi) is 3.36. The number of fused-ring (bicyclic) bond motifs is 1. The minimum atomic E-state index is -0.239. The van der Waals surface area contributed by atoms with Gasteiger partial charge in [0, 0.05) is 11.3 Å². The average Bonchev–Trinajstić information content (AvgIpc) is 2.71. The summed E-state index contributed by atoms with van der Waals surface area (Å²) < 4.78 is 13.5. The third-order valence-electron chi connectivity index (χ3n) is 4.30. The number of hydrogen-bond acceptors (Lipinski definition) is 2. The molecule has 0 bridgehead atoms.